The van der Waals surface area contributed by atoms with Crippen molar-refractivity contribution in [2.24, 2.45) is 0 Å². The minimum Gasteiger partial charge on any atom is -0.399 e. The monoisotopic (exact) mass is 244 g/mol. The third-order valence-corrected chi connectivity index (χ3v) is 2.01. The molecule has 1 amide bonds. The van der Waals surface area contributed by atoms with Gasteiger partial charge in [0.05, 0.1) is 0 Å². The highest BCUT2D eigenvalue weighted by Crippen LogP contribution is 2.17. The van der Waals surface area contributed by atoms with Gasteiger partial charge in [-0.25, -0.2) is 8.78 Å². The van der Waals surface area contributed by atoms with Gasteiger partial charge in [0, 0.05) is 11.4 Å². The first kappa shape index (κ1) is 13.4. The molecule has 0 bridgehead atoms. The number of alkyl halides is 2. The molecule has 0 spiro atoms. The van der Waals surface area contributed by atoms with E-state index in [0.717, 1.165) is 5.56 Å². The Bertz CT molecular complexity index is 397. The lowest BCUT2D eigenvalue weighted by Crippen LogP contribution is -2.20. The van der Waals surface area contributed by atoms with E-state index in [9.17, 15) is 13.6 Å². The molecule has 0 saturated carbocycles. The maximum absolute atomic E-state index is 11.8. The van der Waals surface area contributed by atoms with E-state index < -0.39 is 25.5 Å². The minimum atomic E-state index is -2.57. The molecule has 0 aliphatic heterocycles. The van der Waals surface area contributed by atoms with E-state index in [1.807, 2.05) is 0 Å². The number of benzene rings is 1. The van der Waals surface area contributed by atoms with Crippen molar-refractivity contribution in [2.45, 2.75) is 13.3 Å². The molecule has 1 aromatic rings. The van der Waals surface area contributed by atoms with Gasteiger partial charge in [-0.3, -0.25) is 4.79 Å². The minimum absolute atomic E-state index is 0.404. The number of carbonyl (C=O) groups excluding carboxylic acids is 1. The highest BCUT2D eigenvalue weighted by molar-refractivity contribution is 5.92. The highest BCUT2D eigenvalue weighted by Gasteiger charge is 2.07. The molecule has 0 aromatic heterocycles. The fourth-order valence-electron chi connectivity index (χ4n) is 1.20. The van der Waals surface area contributed by atoms with Crippen LogP contribution in [0.2, 0.25) is 0 Å². The van der Waals surface area contributed by atoms with Crippen molar-refractivity contribution in [3.8, 4) is 0 Å². The van der Waals surface area contributed by atoms with Crippen LogP contribution in [0.25, 0.3) is 0 Å². The van der Waals surface area contributed by atoms with Crippen LogP contribution in [0.3, 0.4) is 0 Å². The molecule has 3 N–H and O–H groups in total. The van der Waals surface area contributed by atoms with Crippen molar-refractivity contribution in [1.29, 1.82) is 0 Å². The average molecular weight is 244 g/mol. The summed E-state index contributed by atoms with van der Waals surface area (Å²) in [7, 11) is 0. The predicted molar refractivity (Wildman–Crippen MR) is 61.0 cm³/mol. The molecule has 0 fully saturated rings. The van der Waals surface area contributed by atoms with Gasteiger partial charge in [0.25, 0.3) is 6.43 Å². The molecule has 0 unspecified atom stereocenters. The molecule has 17 heavy (non-hydrogen) atoms. The Labute approximate surface area is 97.8 Å². The summed E-state index contributed by atoms with van der Waals surface area (Å²) in [6, 6.07) is 5.06. The molecule has 0 atom stereocenters. The Hall–Kier alpha value is -1.69. The zero-order valence-electron chi connectivity index (χ0n) is 9.37. The van der Waals surface area contributed by atoms with E-state index in [2.05, 4.69) is 10.1 Å². The van der Waals surface area contributed by atoms with Gasteiger partial charge >= 0.3 is 0 Å². The first-order valence-electron chi connectivity index (χ1n) is 5.01. The molecule has 1 aromatic carbocycles. The average Bonchev–Trinajstić information content (AvgIpc) is 2.23. The lowest BCUT2D eigenvalue weighted by atomic mass is 10.2. The number of anilines is 2. The smallest absolute Gasteiger partial charge is 0.261 e. The van der Waals surface area contributed by atoms with Gasteiger partial charge in [-0.15, -0.1) is 0 Å². The molecule has 94 valence electrons. The topological polar surface area (TPSA) is 64.3 Å². The summed E-state index contributed by atoms with van der Waals surface area (Å²) in [5, 5.41) is 2.54. The van der Waals surface area contributed by atoms with Crippen LogP contribution in [0, 0.1) is 6.92 Å². The normalized spacial score (nSPS) is 10.6. The van der Waals surface area contributed by atoms with Crippen molar-refractivity contribution in [3.05, 3.63) is 23.8 Å². The van der Waals surface area contributed by atoms with Gasteiger partial charge in [-0.1, -0.05) is 6.07 Å². The summed E-state index contributed by atoms with van der Waals surface area (Å²) in [5.41, 5.74) is 7.46. The standard InChI is InChI=1S/C11H14F2N2O2/c1-7-2-3-8(14)4-9(7)15-11(16)6-17-5-10(12)13/h2-4,10H,5-6,14H2,1H3,(H,15,16). The second-order valence-electron chi connectivity index (χ2n) is 3.53. The Morgan fingerprint density at radius 1 is 1.53 bits per heavy atom. The number of ether oxygens (including phenoxy) is 1. The number of nitrogens with one attached hydrogen (secondary N) is 1. The van der Waals surface area contributed by atoms with Crippen molar-refractivity contribution in [1.82, 2.24) is 0 Å². The van der Waals surface area contributed by atoms with Crippen LogP contribution in [-0.4, -0.2) is 25.5 Å². The van der Waals surface area contributed by atoms with E-state index in [4.69, 9.17) is 5.73 Å². The second kappa shape index (κ2) is 6.15. The number of rotatable bonds is 5. The Morgan fingerprint density at radius 2 is 2.24 bits per heavy atom. The van der Waals surface area contributed by atoms with Gasteiger partial charge in [0.2, 0.25) is 5.91 Å². The number of hydrogen-bond acceptors (Lipinski definition) is 3. The van der Waals surface area contributed by atoms with Gasteiger partial charge in [0.1, 0.15) is 13.2 Å². The SMILES string of the molecule is Cc1ccc(N)cc1NC(=O)COCC(F)F. The van der Waals surface area contributed by atoms with E-state index in [-0.39, 0.29) is 0 Å². The van der Waals surface area contributed by atoms with E-state index >= 15 is 0 Å². The first-order valence-corrected chi connectivity index (χ1v) is 5.01. The van der Waals surface area contributed by atoms with Crippen LogP contribution in [0.5, 0.6) is 0 Å². The number of hydrogen-bond donors (Lipinski definition) is 2. The summed E-state index contributed by atoms with van der Waals surface area (Å²) >= 11 is 0. The molecular formula is C11H14F2N2O2. The van der Waals surface area contributed by atoms with Gasteiger partial charge < -0.3 is 15.8 Å². The third-order valence-electron chi connectivity index (χ3n) is 2.01. The summed E-state index contributed by atoms with van der Waals surface area (Å²) < 4.78 is 28.0. The van der Waals surface area contributed by atoms with Crippen LogP contribution in [0.1, 0.15) is 5.56 Å². The fraction of sp³-hybridized carbons (Fsp3) is 0.364. The lowest BCUT2D eigenvalue weighted by molar-refractivity contribution is -0.121. The number of carbonyl (C=O) groups is 1. The van der Waals surface area contributed by atoms with Crippen LogP contribution in [0.15, 0.2) is 18.2 Å². The maximum Gasteiger partial charge on any atom is 0.261 e. The zero-order valence-corrected chi connectivity index (χ0v) is 9.37. The first-order chi connectivity index (χ1) is 7.99. The quantitative estimate of drug-likeness (QED) is 0.776. The van der Waals surface area contributed by atoms with Crippen molar-refractivity contribution < 1.29 is 18.3 Å². The largest absolute Gasteiger partial charge is 0.399 e. The number of aryl methyl sites for hydroxylation is 1. The number of amides is 1. The van der Waals surface area contributed by atoms with Crippen LogP contribution in [-0.2, 0) is 9.53 Å². The molecule has 0 radical (unpaired) electrons. The van der Waals surface area contributed by atoms with Crippen molar-refractivity contribution in [2.75, 3.05) is 24.3 Å². The van der Waals surface area contributed by atoms with E-state index in [1.54, 1.807) is 25.1 Å². The highest BCUT2D eigenvalue weighted by atomic mass is 19.3. The Kier molecular flexibility index (Phi) is 4.84. The zero-order chi connectivity index (χ0) is 12.8. The Balaban J connectivity index is 2.47. The van der Waals surface area contributed by atoms with Crippen molar-refractivity contribution in [3.63, 3.8) is 0 Å². The molecule has 1 rings (SSSR count). The number of nitrogen functional groups attached to an aromatic ring is 1. The molecular weight excluding hydrogens is 230 g/mol. The summed E-state index contributed by atoms with van der Waals surface area (Å²) in [6.07, 6.45) is -2.57. The molecule has 0 aliphatic rings. The van der Waals surface area contributed by atoms with Crippen molar-refractivity contribution >= 4 is 17.3 Å². The van der Waals surface area contributed by atoms with Crippen LogP contribution < -0.4 is 11.1 Å². The van der Waals surface area contributed by atoms with Gasteiger partial charge in [-0.05, 0) is 24.6 Å². The molecule has 0 aliphatic carbocycles. The second-order valence-corrected chi connectivity index (χ2v) is 3.53. The number of nitrogens with two attached hydrogens (primary N) is 1. The fourth-order valence-corrected chi connectivity index (χ4v) is 1.20. The lowest BCUT2D eigenvalue weighted by Gasteiger charge is -2.09. The van der Waals surface area contributed by atoms with Gasteiger partial charge in [0.15, 0.2) is 0 Å². The molecule has 6 heteroatoms. The molecule has 4 nitrogen and oxygen atoms in total. The van der Waals surface area contributed by atoms with E-state index in [1.165, 1.54) is 0 Å². The summed E-state index contributed by atoms with van der Waals surface area (Å²) in [6.45, 7) is 0.650. The van der Waals surface area contributed by atoms with E-state index in [0.29, 0.717) is 11.4 Å². The Morgan fingerprint density at radius 3 is 2.88 bits per heavy atom. The molecule has 0 saturated heterocycles. The molecule has 0 heterocycles. The van der Waals surface area contributed by atoms with Crippen LogP contribution >= 0.6 is 0 Å². The number of halogens is 2. The summed E-state index contributed by atoms with van der Waals surface area (Å²) in [4.78, 5) is 11.3. The van der Waals surface area contributed by atoms with Crippen LogP contribution in [0.4, 0.5) is 20.2 Å². The maximum atomic E-state index is 11.8. The summed E-state index contributed by atoms with van der Waals surface area (Å²) in [5.74, 6) is -0.487. The third kappa shape index (κ3) is 4.78. The predicted octanol–water partition coefficient (Wildman–Crippen LogP) is 1.80. The van der Waals surface area contributed by atoms with Gasteiger partial charge in [-0.2, -0.15) is 0 Å².